The van der Waals surface area contributed by atoms with Crippen LogP contribution >= 0.6 is 28.1 Å². The first-order valence-electron chi connectivity index (χ1n) is 6.43. The van der Waals surface area contributed by atoms with E-state index >= 15 is 0 Å². The van der Waals surface area contributed by atoms with Crippen LogP contribution in [-0.2, 0) is 6.42 Å². The number of hydrogen-bond acceptors (Lipinski definition) is 3. The van der Waals surface area contributed by atoms with Gasteiger partial charge < -0.3 is 5.32 Å². The van der Waals surface area contributed by atoms with Crippen molar-refractivity contribution in [3.8, 4) is 6.07 Å². The standard InChI is InChI=1S/C16H12BrN3OS/c17-14-4-2-1-3-13(14)15(21)20-16(22)19-12-7-5-11(6-8-12)9-10-18/h1-8H,9H2,(H2,19,20,21,22). The Kier molecular flexibility index (Phi) is 5.64. The van der Waals surface area contributed by atoms with Gasteiger partial charge in [0.1, 0.15) is 0 Å². The van der Waals surface area contributed by atoms with Crippen LogP contribution < -0.4 is 10.6 Å². The highest BCUT2D eigenvalue weighted by Gasteiger charge is 2.10. The van der Waals surface area contributed by atoms with E-state index in [1.165, 1.54) is 0 Å². The van der Waals surface area contributed by atoms with Gasteiger partial charge in [-0.15, -0.1) is 0 Å². The van der Waals surface area contributed by atoms with Crippen LogP contribution in [-0.4, -0.2) is 11.0 Å². The number of nitrogens with zero attached hydrogens (tertiary/aromatic N) is 1. The molecule has 2 aromatic carbocycles. The highest BCUT2D eigenvalue weighted by molar-refractivity contribution is 9.10. The summed E-state index contributed by atoms with van der Waals surface area (Å²) in [7, 11) is 0. The lowest BCUT2D eigenvalue weighted by Crippen LogP contribution is -2.34. The van der Waals surface area contributed by atoms with Crippen molar-refractivity contribution in [2.24, 2.45) is 0 Å². The van der Waals surface area contributed by atoms with Gasteiger partial charge in [-0.25, -0.2) is 0 Å². The van der Waals surface area contributed by atoms with Gasteiger partial charge in [0.2, 0.25) is 0 Å². The third kappa shape index (κ3) is 4.38. The summed E-state index contributed by atoms with van der Waals surface area (Å²) in [6, 6.07) is 16.5. The summed E-state index contributed by atoms with van der Waals surface area (Å²) in [4.78, 5) is 12.1. The summed E-state index contributed by atoms with van der Waals surface area (Å²) in [5.74, 6) is -0.286. The van der Waals surface area contributed by atoms with E-state index in [0.29, 0.717) is 16.5 Å². The molecule has 0 atom stereocenters. The zero-order valence-electron chi connectivity index (χ0n) is 11.5. The molecule has 2 rings (SSSR count). The average Bonchev–Trinajstić information content (AvgIpc) is 2.50. The molecule has 0 bridgehead atoms. The number of benzene rings is 2. The van der Waals surface area contributed by atoms with Crippen LogP contribution in [0.15, 0.2) is 53.0 Å². The number of nitriles is 1. The van der Waals surface area contributed by atoms with E-state index in [1.54, 1.807) is 18.2 Å². The first-order chi connectivity index (χ1) is 10.6. The molecule has 0 aliphatic carbocycles. The molecule has 0 saturated heterocycles. The zero-order chi connectivity index (χ0) is 15.9. The van der Waals surface area contributed by atoms with E-state index in [2.05, 4.69) is 32.6 Å². The smallest absolute Gasteiger partial charge is 0.258 e. The number of halogens is 1. The van der Waals surface area contributed by atoms with E-state index in [0.717, 1.165) is 11.3 Å². The molecule has 0 radical (unpaired) electrons. The van der Waals surface area contributed by atoms with E-state index in [1.807, 2.05) is 30.3 Å². The Morgan fingerprint density at radius 3 is 2.50 bits per heavy atom. The fourth-order valence-corrected chi connectivity index (χ4v) is 2.45. The summed E-state index contributed by atoms with van der Waals surface area (Å²) in [6.45, 7) is 0. The Balaban J connectivity index is 1.97. The van der Waals surface area contributed by atoms with Crippen LogP contribution in [0, 0.1) is 11.3 Å². The van der Waals surface area contributed by atoms with Crippen LogP contribution in [0.1, 0.15) is 15.9 Å². The molecule has 6 heteroatoms. The SMILES string of the molecule is N#CCc1ccc(NC(=S)NC(=O)c2ccccc2Br)cc1. The van der Waals surface area contributed by atoms with Crippen molar-refractivity contribution in [1.29, 1.82) is 5.26 Å². The van der Waals surface area contributed by atoms with Gasteiger partial charge in [-0.2, -0.15) is 5.26 Å². The first-order valence-corrected chi connectivity index (χ1v) is 7.63. The van der Waals surface area contributed by atoms with E-state index in [4.69, 9.17) is 17.5 Å². The Morgan fingerprint density at radius 1 is 1.18 bits per heavy atom. The lowest BCUT2D eigenvalue weighted by molar-refractivity contribution is 0.0977. The molecular formula is C16H12BrN3OS. The minimum absolute atomic E-state index is 0.216. The summed E-state index contributed by atoms with van der Waals surface area (Å²) < 4.78 is 0.705. The molecule has 22 heavy (non-hydrogen) atoms. The molecule has 0 heterocycles. The van der Waals surface area contributed by atoms with Gasteiger partial charge >= 0.3 is 0 Å². The molecule has 0 aliphatic rings. The number of hydrogen-bond donors (Lipinski definition) is 2. The molecule has 0 spiro atoms. The van der Waals surface area contributed by atoms with Crippen LogP contribution in [0.4, 0.5) is 5.69 Å². The third-order valence-electron chi connectivity index (χ3n) is 2.84. The fraction of sp³-hybridized carbons (Fsp3) is 0.0625. The highest BCUT2D eigenvalue weighted by Crippen LogP contribution is 2.15. The third-order valence-corrected chi connectivity index (χ3v) is 3.74. The number of nitrogens with one attached hydrogen (secondary N) is 2. The molecule has 2 aromatic rings. The van der Waals surface area contributed by atoms with Gasteiger partial charge in [0, 0.05) is 10.2 Å². The van der Waals surface area contributed by atoms with Crippen molar-refractivity contribution in [1.82, 2.24) is 5.32 Å². The summed E-state index contributed by atoms with van der Waals surface area (Å²) in [5.41, 5.74) is 2.19. The van der Waals surface area contributed by atoms with Crippen molar-refractivity contribution in [2.75, 3.05) is 5.32 Å². The topological polar surface area (TPSA) is 64.9 Å². The predicted molar refractivity (Wildman–Crippen MR) is 93.6 cm³/mol. The Bertz CT molecular complexity index is 738. The van der Waals surface area contributed by atoms with E-state index in [-0.39, 0.29) is 11.0 Å². The first kappa shape index (κ1) is 16.1. The second-order valence-electron chi connectivity index (χ2n) is 4.42. The van der Waals surface area contributed by atoms with Crippen molar-refractivity contribution >= 4 is 44.9 Å². The zero-order valence-corrected chi connectivity index (χ0v) is 13.9. The van der Waals surface area contributed by atoms with Gasteiger partial charge in [-0.3, -0.25) is 10.1 Å². The number of amides is 1. The molecule has 0 aliphatic heterocycles. The normalized spacial score (nSPS) is 9.64. The summed E-state index contributed by atoms with van der Waals surface area (Å²) >= 11 is 8.45. The van der Waals surface area contributed by atoms with Gasteiger partial charge in [0.25, 0.3) is 5.91 Å². The lowest BCUT2D eigenvalue weighted by Gasteiger charge is -2.10. The van der Waals surface area contributed by atoms with E-state index in [9.17, 15) is 4.79 Å². The largest absolute Gasteiger partial charge is 0.332 e. The summed E-state index contributed by atoms with van der Waals surface area (Å²) in [6.07, 6.45) is 0.365. The van der Waals surface area contributed by atoms with E-state index < -0.39 is 0 Å². The van der Waals surface area contributed by atoms with Crippen LogP contribution in [0.5, 0.6) is 0 Å². The molecule has 0 aromatic heterocycles. The quantitative estimate of drug-likeness (QED) is 0.806. The van der Waals surface area contributed by atoms with Crippen molar-refractivity contribution in [3.63, 3.8) is 0 Å². The van der Waals surface area contributed by atoms with Crippen molar-refractivity contribution in [2.45, 2.75) is 6.42 Å². The maximum Gasteiger partial charge on any atom is 0.258 e. The van der Waals surface area contributed by atoms with Crippen LogP contribution in [0.2, 0.25) is 0 Å². The second kappa shape index (κ2) is 7.69. The number of thiocarbonyl (C=S) groups is 1. The number of rotatable bonds is 3. The Morgan fingerprint density at radius 2 is 1.86 bits per heavy atom. The maximum absolute atomic E-state index is 12.1. The Hall–Kier alpha value is -2.23. The van der Waals surface area contributed by atoms with Gasteiger partial charge in [-0.1, -0.05) is 24.3 Å². The minimum atomic E-state index is -0.286. The average molecular weight is 374 g/mol. The molecule has 0 fully saturated rings. The summed E-state index contributed by atoms with van der Waals surface area (Å²) in [5, 5.41) is 14.4. The molecule has 1 amide bonds. The molecule has 0 saturated carbocycles. The molecule has 0 unspecified atom stereocenters. The number of anilines is 1. The highest BCUT2D eigenvalue weighted by atomic mass is 79.9. The van der Waals surface area contributed by atoms with Gasteiger partial charge in [0.15, 0.2) is 5.11 Å². The van der Waals surface area contributed by atoms with Gasteiger partial charge in [-0.05, 0) is 58.0 Å². The molecule has 4 nitrogen and oxygen atoms in total. The predicted octanol–water partition coefficient (Wildman–Crippen LogP) is 3.64. The molecule has 2 N–H and O–H groups in total. The number of carbonyl (C=O) groups is 1. The van der Waals surface area contributed by atoms with Crippen molar-refractivity contribution in [3.05, 3.63) is 64.1 Å². The lowest BCUT2D eigenvalue weighted by atomic mass is 10.1. The van der Waals surface area contributed by atoms with Gasteiger partial charge in [0.05, 0.1) is 18.1 Å². The Labute approximate surface area is 142 Å². The molecule has 110 valence electrons. The van der Waals surface area contributed by atoms with Crippen LogP contribution in [0.3, 0.4) is 0 Å². The number of carbonyl (C=O) groups excluding carboxylic acids is 1. The van der Waals surface area contributed by atoms with Crippen molar-refractivity contribution < 1.29 is 4.79 Å². The maximum atomic E-state index is 12.1. The van der Waals surface area contributed by atoms with Crippen LogP contribution in [0.25, 0.3) is 0 Å². The fourth-order valence-electron chi connectivity index (χ4n) is 1.78. The monoisotopic (exact) mass is 373 g/mol. The minimum Gasteiger partial charge on any atom is -0.332 e. The molecular weight excluding hydrogens is 362 g/mol. The second-order valence-corrected chi connectivity index (χ2v) is 5.68.